The van der Waals surface area contributed by atoms with Gasteiger partial charge in [0.2, 0.25) is 0 Å². The van der Waals surface area contributed by atoms with Gasteiger partial charge in [-0.2, -0.15) is 0 Å². The van der Waals surface area contributed by atoms with Crippen molar-refractivity contribution in [2.75, 3.05) is 13.2 Å². The first-order valence-electron chi connectivity index (χ1n) is 8.40. The summed E-state index contributed by atoms with van der Waals surface area (Å²) in [6.45, 7) is 5.27. The number of ether oxygens (including phenoxy) is 1. The van der Waals surface area contributed by atoms with Crippen molar-refractivity contribution in [1.82, 2.24) is 4.90 Å². The lowest BCUT2D eigenvalue weighted by molar-refractivity contribution is 0.0955. The Bertz CT molecular complexity index is 691. The lowest BCUT2D eigenvalue weighted by Gasteiger charge is -2.22. The van der Waals surface area contributed by atoms with E-state index in [0.717, 1.165) is 21.2 Å². The Morgan fingerprint density at radius 2 is 1.96 bits per heavy atom. The Balaban J connectivity index is 2.04. The van der Waals surface area contributed by atoms with Gasteiger partial charge in [0.25, 0.3) is 0 Å². The van der Waals surface area contributed by atoms with E-state index in [1.807, 2.05) is 62.4 Å². The van der Waals surface area contributed by atoms with Crippen LogP contribution >= 0.6 is 15.9 Å². The Morgan fingerprint density at radius 3 is 2.60 bits per heavy atom. The molecule has 2 aromatic carbocycles. The molecule has 1 N–H and O–H groups in total. The van der Waals surface area contributed by atoms with Gasteiger partial charge in [-0.1, -0.05) is 65.3 Å². The monoisotopic (exact) mass is 405 g/mol. The standard InChI is InChI=1S/C20H24BrNO3/c1-3-22(20(24)25-14-16-7-5-4-6-8-16)12-18-11-17(15(2)13-23)9-10-19(18)21/h4-11,15,23H,3,12-14H2,1-2H3. The molecule has 0 fully saturated rings. The van der Waals surface area contributed by atoms with E-state index in [9.17, 15) is 9.90 Å². The van der Waals surface area contributed by atoms with Crippen molar-refractivity contribution in [1.29, 1.82) is 0 Å². The summed E-state index contributed by atoms with van der Waals surface area (Å²) in [6.07, 6.45) is -0.334. The van der Waals surface area contributed by atoms with Gasteiger partial charge in [-0.05, 0) is 29.7 Å². The summed E-state index contributed by atoms with van der Waals surface area (Å²) in [7, 11) is 0. The average molecular weight is 406 g/mol. The van der Waals surface area contributed by atoms with Crippen LogP contribution in [-0.2, 0) is 17.9 Å². The van der Waals surface area contributed by atoms with E-state index in [4.69, 9.17) is 4.74 Å². The molecule has 0 aliphatic carbocycles. The minimum atomic E-state index is -0.334. The van der Waals surface area contributed by atoms with Gasteiger partial charge < -0.3 is 14.7 Å². The molecule has 5 heteroatoms. The molecule has 0 aliphatic rings. The first-order valence-corrected chi connectivity index (χ1v) is 9.19. The third-order valence-electron chi connectivity index (χ3n) is 4.12. The fraction of sp³-hybridized carbons (Fsp3) is 0.350. The number of amides is 1. The summed E-state index contributed by atoms with van der Waals surface area (Å²) in [5, 5.41) is 9.35. The fourth-order valence-electron chi connectivity index (χ4n) is 2.45. The van der Waals surface area contributed by atoms with Crippen LogP contribution in [0.25, 0.3) is 0 Å². The van der Waals surface area contributed by atoms with Crippen LogP contribution in [0, 0.1) is 0 Å². The van der Waals surface area contributed by atoms with Gasteiger partial charge in [-0.25, -0.2) is 4.79 Å². The highest BCUT2D eigenvalue weighted by atomic mass is 79.9. The number of hydrogen-bond donors (Lipinski definition) is 1. The zero-order valence-electron chi connectivity index (χ0n) is 14.6. The molecule has 0 heterocycles. The van der Waals surface area contributed by atoms with Crippen LogP contribution in [0.5, 0.6) is 0 Å². The van der Waals surface area contributed by atoms with E-state index in [-0.39, 0.29) is 25.2 Å². The van der Waals surface area contributed by atoms with E-state index in [2.05, 4.69) is 15.9 Å². The largest absolute Gasteiger partial charge is 0.445 e. The third kappa shape index (κ3) is 5.58. The van der Waals surface area contributed by atoms with Crippen LogP contribution in [0.1, 0.15) is 36.5 Å². The molecule has 0 aliphatic heterocycles. The SMILES string of the molecule is CCN(Cc1cc(C(C)CO)ccc1Br)C(=O)OCc1ccccc1. The van der Waals surface area contributed by atoms with Crippen molar-refractivity contribution >= 4 is 22.0 Å². The maximum atomic E-state index is 12.4. The van der Waals surface area contributed by atoms with Crippen molar-refractivity contribution in [3.05, 3.63) is 69.7 Å². The maximum absolute atomic E-state index is 12.4. The highest BCUT2D eigenvalue weighted by Gasteiger charge is 2.16. The van der Waals surface area contributed by atoms with Crippen LogP contribution < -0.4 is 0 Å². The van der Waals surface area contributed by atoms with Gasteiger partial charge in [-0.3, -0.25) is 0 Å². The van der Waals surface area contributed by atoms with Gasteiger partial charge in [0.15, 0.2) is 0 Å². The molecular formula is C20H24BrNO3. The lowest BCUT2D eigenvalue weighted by atomic mass is 10.00. The van der Waals surface area contributed by atoms with Gasteiger partial charge >= 0.3 is 6.09 Å². The number of halogens is 1. The summed E-state index contributed by atoms with van der Waals surface area (Å²) in [5.74, 6) is 0.0620. The van der Waals surface area contributed by atoms with E-state index in [1.54, 1.807) is 4.90 Å². The van der Waals surface area contributed by atoms with Crippen LogP contribution in [0.15, 0.2) is 53.0 Å². The molecule has 1 atom stereocenters. The molecule has 0 bridgehead atoms. The molecular weight excluding hydrogens is 382 g/mol. The average Bonchev–Trinajstić information content (AvgIpc) is 2.65. The molecule has 1 unspecified atom stereocenters. The van der Waals surface area contributed by atoms with Crippen molar-refractivity contribution < 1.29 is 14.6 Å². The molecule has 0 saturated carbocycles. The van der Waals surface area contributed by atoms with Gasteiger partial charge in [0.1, 0.15) is 6.61 Å². The number of nitrogens with zero attached hydrogens (tertiary/aromatic N) is 1. The minimum Gasteiger partial charge on any atom is -0.445 e. The maximum Gasteiger partial charge on any atom is 0.410 e. The first kappa shape index (κ1) is 19.5. The fourth-order valence-corrected chi connectivity index (χ4v) is 2.82. The zero-order chi connectivity index (χ0) is 18.2. The van der Waals surface area contributed by atoms with Crippen LogP contribution in [0.4, 0.5) is 4.79 Å². The third-order valence-corrected chi connectivity index (χ3v) is 4.89. The molecule has 0 aromatic heterocycles. The van der Waals surface area contributed by atoms with Crippen LogP contribution in [0.2, 0.25) is 0 Å². The lowest BCUT2D eigenvalue weighted by Crippen LogP contribution is -2.31. The van der Waals surface area contributed by atoms with Gasteiger partial charge in [0, 0.05) is 23.5 Å². The normalized spacial score (nSPS) is 11.8. The topological polar surface area (TPSA) is 49.8 Å². The number of aliphatic hydroxyl groups is 1. The predicted octanol–water partition coefficient (Wildman–Crippen LogP) is 4.70. The van der Waals surface area contributed by atoms with Crippen LogP contribution in [-0.4, -0.2) is 29.3 Å². The summed E-state index contributed by atoms with van der Waals surface area (Å²) >= 11 is 3.54. The van der Waals surface area contributed by atoms with E-state index in [0.29, 0.717) is 13.1 Å². The molecule has 25 heavy (non-hydrogen) atoms. The number of benzene rings is 2. The molecule has 2 aromatic rings. The number of carbonyl (C=O) groups excluding carboxylic acids is 1. The molecule has 4 nitrogen and oxygen atoms in total. The summed E-state index contributed by atoms with van der Waals surface area (Å²) in [5.41, 5.74) is 3.01. The van der Waals surface area contributed by atoms with E-state index < -0.39 is 0 Å². The number of aliphatic hydroxyl groups excluding tert-OH is 1. The first-order chi connectivity index (χ1) is 12.0. The molecule has 134 valence electrons. The van der Waals surface area contributed by atoms with E-state index in [1.165, 1.54) is 0 Å². The quantitative estimate of drug-likeness (QED) is 0.725. The second kappa shape index (κ2) is 9.59. The van der Waals surface area contributed by atoms with Crippen molar-refractivity contribution in [2.24, 2.45) is 0 Å². The van der Waals surface area contributed by atoms with E-state index >= 15 is 0 Å². The predicted molar refractivity (Wildman–Crippen MR) is 102 cm³/mol. The number of carbonyl (C=O) groups is 1. The summed E-state index contributed by atoms with van der Waals surface area (Å²) in [6, 6.07) is 15.6. The Hall–Kier alpha value is -1.85. The van der Waals surface area contributed by atoms with Gasteiger partial charge in [-0.15, -0.1) is 0 Å². The van der Waals surface area contributed by atoms with Crippen molar-refractivity contribution in [3.63, 3.8) is 0 Å². The highest BCUT2D eigenvalue weighted by Crippen LogP contribution is 2.24. The molecule has 1 amide bonds. The highest BCUT2D eigenvalue weighted by molar-refractivity contribution is 9.10. The van der Waals surface area contributed by atoms with Gasteiger partial charge in [0.05, 0.1) is 6.54 Å². The molecule has 0 spiro atoms. The number of hydrogen-bond acceptors (Lipinski definition) is 3. The minimum absolute atomic E-state index is 0.0620. The molecule has 2 rings (SSSR count). The van der Waals surface area contributed by atoms with Crippen molar-refractivity contribution in [2.45, 2.75) is 32.9 Å². The Kier molecular flexibility index (Phi) is 7.47. The molecule has 0 radical (unpaired) electrons. The second-order valence-corrected chi connectivity index (χ2v) is 6.84. The zero-order valence-corrected chi connectivity index (χ0v) is 16.2. The van der Waals surface area contributed by atoms with Crippen LogP contribution in [0.3, 0.4) is 0 Å². The summed E-state index contributed by atoms with van der Waals surface area (Å²) < 4.78 is 6.36. The van der Waals surface area contributed by atoms with Crippen molar-refractivity contribution in [3.8, 4) is 0 Å². The second-order valence-electron chi connectivity index (χ2n) is 5.99. The Morgan fingerprint density at radius 1 is 1.24 bits per heavy atom. The number of rotatable bonds is 7. The Labute approximate surface area is 157 Å². The summed E-state index contributed by atoms with van der Waals surface area (Å²) in [4.78, 5) is 14.0. The molecule has 0 saturated heterocycles. The smallest absolute Gasteiger partial charge is 0.410 e.